The molecule has 0 spiro atoms. The molecule has 1 fully saturated rings. The van der Waals surface area contributed by atoms with Gasteiger partial charge in [-0.1, -0.05) is 23.2 Å². The smallest absolute Gasteiger partial charge is 0.252 e. The Balaban J connectivity index is 1.95. The molecular formula is C14H19Cl2N3O. The Morgan fingerprint density at radius 3 is 2.70 bits per heavy atom. The first-order valence-electron chi connectivity index (χ1n) is 6.68. The normalized spacial score (nSPS) is 17.1. The van der Waals surface area contributed by atoms with Crippen molar-refractivity contribution >= 4 is 34.8 Å². The second-order valence-corrected chi connectivity index (χ2v) is 6.11. The number of likely N-dealkylation sites (tertiary alicyclic amines) is 1. The molecular weight excluding hydrogens is 297 g/mol. The molecule has 0 bridgehead atoms. The fraction of sp³-hybridized carbons (Fsp3) is 0.500. The highest BCUT2D eigenvalue weighted by atomic mass is 35.5. The number of anilines is 1. The summed E-state index contributed by atoms with van der Waals surface area (Å²) in [6, 6.07) is 3.09. The number of carbonyl (C=O) groups is 1. The summed E-state index contributed by atoms with van der Waals surface area (Å²) in [4.78, 5) is 14.5. The second-order valence-electron chi connectivity index (χ2n) is 5.32. The van der Waals surface area contributed by atoms with E-state index in [2.05, 4.69) is 17.3 Å². The molecule has 0 saturated carbocycles. The summed E-state index contributed by atoms with van der Waals surface area (Å²) < 4.78 is 0. The fourth-order valence-electron chi connectivity index (χ4n) is 2.37. The van der Waals surface area contributed by atoms with Gasteiger partial charge in [0.2, 0.25) is 0 Å². The van der Waals surface area contributed by atoms with E-state index in [1.54, 1.807) is 6.07 Å². The van der Waals surface area contributed by atoms with Crippen LogP contribution in [0.1, 0.15) is 23.2 Å². The number of hydrogen-bond donors (Lipinski definition) is 2. The number of nitrogens with two attached hydrogens (primary N) is 1. The van der Waals surface area contributed by atoms with E-state index in [-0.39, 0.29) is 10.9 Å². The Kier molecular flexibility index (Phi) is 5.13. The molecule has 0 aliphatic carbocycles. The predicted octanol–water partition coefficient (Wildman–Crippen LogP) is 2.65. The van der Waals surface area contributed by atoms with E-state index in [1.165, 1.54) is 6.07 Å². The third kappa shape index (κ3) is 3.78. The number of nitrogen functional groups attached to an aromatic ring is 1. The monoisotopic (exact) mass is 315 g/mol. The lowest BCUT2D eigenvalue weighted by Gasteiger charge is -2.29. The predicted molar refractivity (Wildman–Crippen MR) is 83.4 cm³/mol. The van der Waals surface area contributed by atoms with Crippen molar-refractivity contribution < 1.29 is 4.79 Å². The molecule has 110 valence electrons. The van der Waals surface area contributed by atoms with Gasteiger partial charge in [-0.15, -0.1) is 0 Å². The summed E-state index contributed by atoms with van der Waals surface area (Å²) in [7, 11) is 2.11. The maximum atomic E-state index is 12.2. The highest BCUT2D eigenvalue weighted by molar-refractivity contribution is 6.44. The van der Waals surface area contributed by atoms with Crippen LogP contribution in [0.25, 0.3) is 0 Å². The van der Waals surface area contributed by atoms with Crippen molar-refractivity contribution in [1.29, 1.82) is 0 Å². The largest absolute Gasteiger partial charge is 0.399 e. The molecule has 4 nitrogen and oxygen atoms in total. The zero-order chi connectivity index (χ0) is 14.7. The summed E-state index contributed by atoms with van der Waals surface area (Å²) in [6.07, 6.45) is 2.20. The average Bonchev–Trinajstić information content (AvgIpc) is 2.42. The molecule has 2 rings (SSSR count). The van der Waals surface area contributed by atoms with E-state index in [9.17, 15) is 4.79 Å². The van der Waals surface area contributed by atoms with Gasteiger partial charge in [-0.3, -0.25) is 4.79 Å². The minimum atomic E-state index is -0.219. The molecule has 0 aromatic heterocycles. The maximum absolute atomic E-state index is 12.2. The Hall–Kier alpha value is -0.970. The highest BCUT2D eigenvalue weighted by Gasteiger charge is 2.19. The number of piperidine rings is 1. The number of hydrogen-bond acceptors (Lipinski definition) is 3. The third-order valence-corrected chi connectivity index (χ3v) is 4.49. The minimum absolute atomic E-state index is 0.219. The molecule has 1 amide bonds. The van der Waals surface area contributed by atoms with Crippen LogP contribution in [0.5, 0.6) is 0 Å². The Morgan fingerprint density at radius 2 is 2.05 bits per heavy atom. The van der Waals surface area contributed by atoms with Crippen LogP contribution in [0.3, 0.4) is 0 Å². The molecule has 1 aromatic rings. The van der Waals surface area contributed by atoms with E-state index in [0.29, 0.717) is 28.7 Å². The second kappa shape index (κ2) is 6.66. The van der Waals surface area contributed by atoms with Crippen molar-refractivity contribution in [1.82, 2.24) is 10.2 Å². The van der Waals surface area contributed by atoms with Crippen molar-refractivity contribution in [2.45, 2.75) is 12.8 Å². The van der Waals surface area contributed by atoms with Gasteiger partial charge in [0.05, 0.1) is 15.6 Å². The minimum Gasteiger partial charge on any atom is -0.399 e. The third-order valence-electron chi connectivity index (χ3n) is 3.68. The van der Waals surface area contributed by atoms with E-state index in [0.717, 1.165) is 25.9 Å². The molecule has 1 saturated heterocycles. The topological polar surface area (TPSA) is 58.4 Å². The molecule has 0 atom stereocenters. The molecule has 20 heavy (non-hydrogen) atoms. The van der Waals surface area contributed by atoms with E-state index in [4.69, 9.17) is 28.9 Å². The first kappa shape index (κ1) is 15.4. The molecule has 6 heteroatoms. The van der Waals surface area contributed by atoms with Gasteiger partial charge < -0.3 is 16.0 Å². The maximum Gasteiger partial charge on any atom is 0.252 e. The lowest BCUT2D eigenvalue weighted by Crippen LogP contribution is -2.37. The summed E-state index contributed by atoms with van der Waals surface area (Å²) in [6.45, 7) is 2.81. The van der Waals surface area contributed by atoms with Crippen LogP contribution in [-0.4, -0.2) is 37.5 Å². The highest BCUT2D eigenvalue weighted by Crippen LogP contribution is 2.28. The SMILES string of the molecule is CN1CCC(CNC(=O)c2cc(N)cc(Cl)c2Cl)CC1. The molecule has 0 radical (unpaired) electrons. The van der Waals surface area contributed by atoms with Crippen molar-refractivity contribution in [3.63, 3.8) is 0 Å². The summed E-state index contributed by atoms with van der Waals surface area (Å²) in [5, 5.41) is 3.48. The van der Waals surface area contributed by atoms with E-state index < -0.39 is 0 Å². The lowest BCUT2D eigenvalue weighted by atomic mass is 9.97. The molecule has 1 aromatic carbocycles. The number of nitrogens with one attached hydrogen (secondary N) is 1. The van der Waals surface area contributed by atoms with Gasteiger partial charge >= 0.3 is 0 Å². The van der Waals surface area contributed by atoms with Crippen LogP contribution in [0.15, 0.2) is 12.1 Å². The zero-order valence-corrected chi connectivity index (χ0v) is 13.0. The number of nitrogens with zero attached hydrogens (tertiary/aromatic N) is 1. The van der Waals surface area contributed by atoms with Gasteiger partial charge in [-0.2, -0.15) is 0 Å². The number of carbonyl (C=O) groups excluding carboxylic acids is 1. The number of benzene rings is 1. The van der Waals surface area contributed by atoms with Crippen LogP contribution < -0.4 is 11.1 Å². The van der Waals surface area contributed by atoms with Crippen molar-refractivity contribution in [2.24, 2.45) is 5.92 Å². The van der Waals surface area contributed by atoms with Gasteiger partial charge in [0, 0.05) is 12.2 Å². The number of amides is 1. The fourth-order valence-corrected chi connectivity index (χ4v) is 2.80. The van der Waals surface area contributed by atoms with E-state index in [1.807, 2.05) is 0 Å². The molecule has 1 aliphatic heterocycles. The van der Waals surface area contributed by atoms with Crippen molar-refractivity contribution in [3.8, 4) is 0 Å². The molecule has 1 aliphatic rings. The summed E-state index contributed by atoms with van der Waals surface area (Å²) >= 11 is 12.0. The van der Waals surface area contributed by atoms with Crippen LogP contribution in [0.2, 0.25) is 10.0 Å². The van der Waals surface area contributed by atoms with Gasteiger partial charge in [0.15, 0.2) is 0 Å². The van der Waals surface area contributed by atoms with Gasteiger partial charge in [0.25, 0.3) is 5.91 Å². The quantitative estimate of drug-likeness (QED) is 0.843. The van der Waals surface area contributed by atoms with E-state index >= 15 is 0 Å². The van der Waals surface area contributed by atoms with Crippen LogP contribution in [-0.2, 0) is 0 Å². The number of halogens is 2. The Labute approximate surface area is 129 Å². The molecule has 3 N–H and O–H groups in total. The van der Waals surface area contributed by atoms with Crippen LogP contribution >= 0.6 is 23.2 Å². The average molecular weight is 316 g/mol. The van der Waals surface area contributed by atoms with Gasteiger partial charge in [-0.05, 0) is 51.0 Å². The molecule has 0 unspecified atom stereocenters. The van der Waals surface area contributed by atoms with Crippen molar-refractivity contribution in [3.05, 3.63) is 27.7 Å². The number of rotatable bonds is 3. The Morgan fingerprint density at radius 1 is 1.40 bits per heavy atom. The molecule has 1 heterocycles. The van der Waals surface area contributed by atoms with Crippen LogP contribution in [0, 0.1) is 5.92 Å². The van der Waals surface area contributed by atoms with Crippen LogP contribution in [0.4, 0.5) is 5.69 Å². The first-order valence-corrected chi connectivity index (χ1v) is 7.44. The summed E-state index contributed by atoms with van der Waals surface area (Å²) in [5.41, 5.74) is 6.46. The van der Waals surface area contributed by atoms with Gasteiger partial charge in [0.1, 0.15) is 0 Å². The summed E-state index contributed by atoms with van der Waals surface area (Å²) in [5.74, 6) is 0.300. The van der Waals surface area contributed by atoms with Gasteiger partial charge in [-0.25, -0.2) is 0 Å². The first-order chi connectivity index (χ1) is 9.47. The van der Waals surface area contributed by atoms with Crippen molar-refractivity contribution in [2.75, 3.05) is 32.4 Å². The standard InChI is InChI=1S/C14H19Cl2N3O/c1-19-4-2-9(3-5-19)8-18-14(20)11-6-10(17)7-12(15)13(11)16/h6-7,9H,2-5,8,17H2,1H3,(H,18,20). The zero-order valence-electron chi connectivity index (χ0n) is 11.5. The lowest BCUT2D eigenvalue weighted by molar-refractivity contribution is 0.0939. The Bertz CT molecular complexity index is 499.